The molecule has 2 heterocycles. The summed E-state index contributed by atoms with van der Waals surface area (Å²) >= 11 is 0. The van der Waals surface area contributed by atoms with Crippen LogP contribution in [0.5, 0.6) is 0 Å². The molecule has 0 saturated carbocycles. The summed E-state index contributed by atoms with van der Waals surface area (Å²) in [7, 11) is 0. The van der Waals surface area contributed by atoms with Crippen LogP contribution in [-0.2, 0) is 4.74 Å². The first-order valence-electron chi connectivity index (χ1n) is 5.47. The van der Waals surface area contributed by atoms with Crippen molar-refractivity contribution in [3.05, 3.63) is 18.1 Å². The maximum atomic E-state index is 13.0. The number of ether oxygens (including phenoxy) is 1. The molecule has 1 saturated heterocycles. The zero-order valence-corrected chi connectivity index (χ0v) is 9.32. The fourth-order valence-electron chi connectivity index (χ4n) is 1.89. The summed E-state index contributed by atoms with van der Waals surface area (Å²) in [5, 5.41) is 0. The number of pyridine rings is 1. The van der Waals surface area contributed by atoms with Crippen LogP contribution in [-0.4, -0.2) is 30.8 Å². The van der Waals surface area contributed by atoms with E-state index in [0.29, 0.717) is 19.3 Å². The van der Waals surface area contributed by atoms with Gasteiger partial charge in [-0.3, -0.25) is 0 Å². The molecule has 0 spiro atoms. The van der Waals surface area contributed by atoms with Crippen LogP contribution in [0.3, 0.4) is 0 Å². The Balaban J connectivity index is 2.23. The molecule has 1 aliphatic rings. The highest BCUT2D eigenvalue weighted by Crippen LogP contribution is 2.22. The SMILES string of the molecule is CCC1COCCN1c1cc(N)c(F)cn1. The van der Waals surface area contributed by atoms with Crippen molar-refractivity contribution in [1.82, 2.24) is 4.98 Å². The van der Waals surface area contributed by atoms with E-state index >= 15 is 0 Å². The van der Waals surface area contributed by atoms with E-state index < -0.39 is 5.82 Å². The Morgan fingerprint density at radius 2 is 2.50 bits per heavy atom. The average molecular weight is 225 g/mol. The van der Waals surface area contributed by atoms with Crippen molar-refractivity contribution in [3.8, 4) is 0 Å². The van der Waals surface area contributed by atoms with Crippen LogP contribution >= 0.6 is 0 Å². The number of nitrogen functional groups attached to an aromatic ring is 1. The average Bonchev–Trinajstić information content (AvgIpc) is 2.32. The summed E-state index contributed by atoms with van der Waals surface area (Å²) < 4.78 is 18.4. The number of nitrogens with two attached hydrogens (primary N) is 1. The molecule has 2 N–H and O–H groups in total. The molecule has 0 aromatic carbocycles. The van der Waals surface area contributed by atoms with Gasteiger partial charge in [-0.05, 0) is 6.42 Å². The molecule has 5 heteroatoms. The molecule has 4 nitrogen and oxygen atoms in total. The lowest BCUT2D eigenvalue weighted by atomic mass is 10.1. The largest absolute Gasteiger partial charge is 0.396 e. The number of hydrogen-bond donors (Lipinski definition) is 1. The van der Waals surface area contributed by atoms with Gasteiger partial charge in [-0.1, -0.05) is 6.92 Å². The van der Waals surface area contributed by atoms with Crippen molar-refractivity contribution in [2.24, 2.45) is 0 Å². The van der Waals surface area contributed by atoms with Gasteiger partial charge in [0.05, 0.1) is 31.1 Å². The first-order valence-corrected chi connectivity index (χ1v) is 5.47. The van der Waals surface area contributed by atoms with Crippen molar-refractivity contribution < 1.29 is 9.13 Å². The van der Waals surface area contributed by atoms with Crippen molar-refractivity contribution in [2.75, 3.05) is 30.4 Å². The van der Waals surface area contributed by atoms with E-state index in [1.807, 2.05) is 0 Å². The lowest BCUT2D eigenvalue weighted by molar-refractivity contribution is 0.0925. The molecular formula is C11H16FN3O. The molecule has 16 heavy (non-hydrogen) atoms. The standard InChI is InChI=1S/C11H16FN3O/c1-2-8-7-16-4-3-15(8)11-5-10(13)9(12)6-14-11/h5-6,8H,2-4,7H2,1H3,(H2,13,14). The predicted molar refractivity (Wildman–Crippen MR) is 60.9 cm³/mol. The number of morpholine rings is 1. The molecule has 1 aromatic heterocycles. The van der Waals surface area contributed by atoms with Crippen LogP contribution in [0.25, 0.3) is 0 Å². The van der Waals surface area contributed by atoms with Gasteiger partial charge in [0.15, 0.2) is 5.82 Å². The summed E-state index contributed by atoms with van der Waals surface area (Å²) in [4.78, 5) is 6.20. The molecule has 0 aliphatic carbocycles. The number of anilines is 2. The van der Waals surface area contributed by atoms with Gasteiger partial charge in [0, 0.05) is 12.6 Å². The number of aromatic nitrogens is 1. The maximum Gasteiger partial charge on any atom is 0.164 e. The van der Waals surface area contributed by atoms with Gasteiger partial charge in [0.2, 0.25) is 0 Å². The quantitative estimate of drug-likeness (QED) is 0.827. The molecule has 1 aliphatic heterocycles. The molecule has 0 amide bonds. The second kappa shape index (κ2) is 4.65. The van der Waals surface area contributed by atoms with Gasteiger partial charge in [0.25, 0.3) is 0 Å². The van der Waals surface area contributed by atoms with E-state index in [1.54, 1.807) is 6.07 Å². The lowest BCUT2D eigenvalue weighted by Crippen LogP contribution is -2.45. The smallest absolute Gasteiger partial charge is 0.164 e. The van der Waals surface area contributed by atoms with Crippen LogP contribution < -0.4 is 10.6 Å². The van der Waals surface area contributed by atoms with E-state index in [2.05, 4.69) is 16.8 Å². The summed E-state index contributed by atoms with van der Waals surface area (Å²) in [6.45, 7) is 4.24. The highest BCUT2D eigenvalue weighted by atomic mass is 19.1. The third-order valence-corrected chi connectivity index (χ3v) is 2.86. The first-order chi connectivity index (χ1) is 7.72. The molecule has 1 unspecified atom stereocenters. The van der Waals surface area contributed by atoms with Gasteiger partial charge in [-0.25, -0.2) is 9.37 Å². The van der Waals surface area contributed by atoms with Gasteiger partial charge >= 0.3 is 0 Å². The first kappa shape index (κ1) is 11.1. The minimum atomic E-state index is -0.468. The van der Waals surface area contributed by atoms with Crippen molar-refractivity contribution in [3.63, 3.8) is 0 Å². The molecule has 2 rings (SSSR count). The van der Waals surface area contributed by atoms with Gasteiger partial charge < -0.3 is 15.4 Å². The minimum absolute atomic E-state index is 0.145. The van der Waals surface area contributed by atoms with Crippen LogP contribution in [0.1, 0.15) is 13.3 Å². The Bertz CT molecular complexity index is 372. The van der Waals surface area contributed by atoms with Crippen molar-refractivity contribution in [1.29, 1.82) is 0 Å². The summed E-state index contributed by atoms with van der Waals surface area (Å²) in [5.41, 5.74) is 5.69. The van der Waals surface area contributed by atoms with Crippen LogP contribution in [0.15, 0.2) is 12.3 Å². The fraction of sp³-hybridized carbons (Fsp3) is 0.545. The lowest BCUT2D eigenvalue weighted by Gasteiger charge is -2.36. The van der Waals surface area contributed by atoms with Gasteiger partial charge in [-0.15, -0.1) is 0 Å². The second-order valence-electron chi connectivity index (χ2n) is 3.89. The summed E-state index contributed by atoms with van der Waals surface area (Å²) in [6, 6.07) is 1.88. The van der Waals surface area contributed by atoms with Crippen LogP contribution in [0.2, 0.25) is 0 Å². The van der Waals surface area contributed by atoms with Crippen LogP contribution in [0.4, 0.5) is 15.9 Å². The molecule has 1 atom stereocenters. The maximum absolute atomic E-state index is 13.0. The number of halogens is 1. The highest BCUT2D eigenvalue weighted by Gasteiger charge is 2.22. The van der Waals surface area contributed by atoms with E-state index in [4.69, 9.17) is 10.5 Å². The van der Waals surface area contributed by atoms with E-state index in [9.17, 15) is 4.39 Å². The zero-order valence-electron chi connectivity index (χ0n) is 9.32. The van der Waals surface area contributed by atoms with Crippen LogP contribution in [0, 0.1) is 5.82 Å². The number of nitrogens with zero attached hydrogens (tertiary/aromatic N) is 2. The molecule has 1 fully saturated rings. The van der Waals surface area contributed by atoms with Gasteiger partial charge in [-0.2, -0.15) is 0 Å². The monoisotopic (exact) mass is 225 g/mol. The molecule has 0 bridgehead atoms. The fourth-order valence-corrected chi connectivity index (χ4v) is 1.89. The topological polar surface area (TPSA) is 51.4 Å². The van der Waals surface area contributed by atoms with Crippen molar-refractivity contribution in [2.45, 2.75) is 19.4 Å². The van der Waals surface area contributed by atoms with Crippen molar-refractivity contribution >= 4 is 11.5 Å². The summed E-state index contributed by atoms with van der Waals surface area (Å²) in [5.74, 6) is 0.263. The molecule has 88 valence electrons. The predicted octanol–water partition coefficient (Wildman–Crippen LogP) is 1.42. The Labute approximate surface area is 94.2 Å². The highest BCUT2D eigenvalue weighted by molar-refractivity contribution is 5.52. The number of rotatable bonds is 2. The Morgan fingerprint density at radius 3 is 3.19 bits per heavy atom. The van der Waals surface area contributed by atoms with E-state index in [0.717, 1.165) is 18.8 Å². The third-order valence-electron chi connectivity index (χ3n) is 2.86. The molecule has 1 aromatic rings. The van der Waals surface area contributed by atoms with E-state index in [1.165, 1.54) is 6.20 Å². The Hall–Kier alpha value is -1.36. The number of hydrogen-bond acceptors (Lipinski definition) is 4. The Morgan fingerprint density at radius 1 is 1.69 bits per heavy atom. The van der Waals surface area contributed by atoms with Gasteiger partial charge in [0.1, 0.15) is 5.82 Å². The normalized spacial score (nSPS) is 21.1. The Kier molecular flexibility index (Phi) is 3.24. The third kappa shape index (κ3) is 2.09. The molecular weight excluding hydrogens is 209 g/mol. The minimum Gasteiger partial charge on any atom is -0.396 e. The second-order valence-corrected chi connectivity index (χ2v) is 3.89. The summed E-state index contributed by atoms with van der Waals surface area (Å²) in [6.07, 6.45) is 2.14. The molecule has 0 radical (unpaired) electrons. The zero-order chi connectivity index (χ0) is 11.5. The van der Waals surface area contributed by atoms with E-state index in [-0.39, 0.29) is 5.69 Å².